The zero-order valence-corrected chi connectivity index (χ0v) is 7.86. The van der Waals surface area contributed by atoms with Crippen LogP contribution in [0.1, 0.15) is 20.3 Å². The van der Waals surface area contributed by atoms with Crippen LogP contribution in [-0.2, 0) is 10.8 Å². The lowest BCUT2D eigenvalue weighted by atomic mass is 10.2. The summed E-state index contributed by atoms with van der Waals surface area (Å²) in [4.78, 5) is 0. The number of hydrogen-bond donors (Lipinski definition) is 0. The van der Waals surface area contributed by atoms with E-state index in [0.29, 0.717) is 0 Å². The van der Waals surface area contributed by atoms with Gasteiger partial charge in [-0.15, -0.1) is 0 Å². The Balaban J connectivity index is 0. The predicted molar refractivity (Wildman–Crippen MR) is 45.1 cm³/mol. The molecular weight excluding hydrogens is 146 g/mol. The second kappa shape index (κ2) is 8.64. The summed E-state index contributed by atoms with van der Waals surface area (Å²) in [5.41, 5.74) is 0. The van der Waals surface area contributed by atoms with Gasteiger partial charge in [0.1, 0.15) is 0 Å². The van der Waals surface area contributed by atoms with Crippen molar-refractivity contribution in [2.24, 2.45) is 5.92 Å². The quantitative estimate of drug-likeness (QED) is 0.585. The second-order valence-electron chi connectivity index (χ2n) is 2.18. The van der Waals surface area contributed by atoms with Crippen LogP contribution in [0.2, 0.25) is 0 Å². The van der Waals surface area contributed by atoms with Gasteiger partial charge in [-0.1, -0.05) is 6.92 Å². The molecule has 0 aromatic rings. The van der Waals surface area contributed by atoms with E-state index in [1.807, 2.05) is 13.8 Å². The van der Waals surface area contributed by atoms with E-state index in [1.54, 1.807) is 12.5 Å². The topological polar surface area (TPSA) is 40.9 Å². The molecule has 0 fully saturated rings. The zero-order chi connectivity index (χ0) is 8.57. The van der Waals surface area contributed by atoms with Crippen molar-refractivity contribution in [1.29, 1.82) is 5.26 Å². The highest BCUT2D eigenvalue weighted by Crippen LogP contribution is 1.94. The highest BCUT2D eigenvalue weighted by atomic mass is 32.2. The van der Waals surface area contributed by atoms with E-state index in [2.05, 4.69) is 6.07 Å². The average Bonchev–Trinajstić information content (AvgIpc) is 1.85. The number of nitrogens with zero attached hydrogens (tertiary/aromatic N) is 1. The second-order valence-corrected chi connectivity index (χ2v) is 3.66. The standard InChI is InChI=1S/C5H9N.C2H6OS/c1-3-5(2)4-6;1-4(2)3/h5H,3H2,1-2H3;1-2H3. The van der Waals surface area contributed by atoms with Gasteiger partial charge in [0.05, 0.1) is 6.07 Å². The van der Waals surface area contributed by atoms with Gasteiger partial charge in [-0.2, -0.15) is 5.26 Å². The lowest BCUT2D eigenvalue weighted by Crippen LogP contribution is -1.81. The van der Waals surface area contributed by atoms with Crippen LogP contribution in [0.5, 0.6) is 0 Å². The molecule has 2 nitrogen and oxygen atoms in total. The molecule has 0 bridgehead atoms. The van der Waals surface area contributed by atoms with Crippen LogP contribution in [0.4, 0.5) is 0 Å². The van der Waals surface area contributed by atoms with Gasteiger partial charge in [0.25, 0.3) is 0 Å². The molecule has 60 valence electrons. The summed E-state index contributed by atoms with van der Waals surface area (Å²) >= 11 is 0. The molecule has 0 aliphatic carbocycles. The normalized spacial score (nSPS) is 11.2. The first-order valence-electron chi connectivity index (χ1n) is 3.19. The smallest absolute Gasteiger partial charge is 0.0652 e. The summed E-state index contributed by atoms with van der Waals surface area (Å²) in [6.45, 7) is 3.92. The minimum absolute atomic E-state index is 0.241. The van der Waals surface area contributed by atoms with Crippen molar-refractivity contribution in [2.45, 2.75) is 20.3 Å². The number of rotatable bonds is 1. The van der Waals surface area contributed by atoms with E-state index < -0.39 is 10.8 Å². The summed E-state index contributed by atoms with van der Waals surface area (Å²) in [5, 5.41) is 8.08. The monoisotopic (exact) mass is 161 g/mol. The molecule has 0 aromatic heterocycles. The summed E-state index contributed by atoms with van der Waals surface area (Å²) < 4.78 is 9.56. The van der Waals surface area contributed by atoms with Gasteiger partial charge in [-0.25, -0.2) is 0 Å². The van der Waals surface area contributed by atoms with E-state index in [1.165, 1.54) is 0 Å². The Morgan fingerprint density at radius 2 is 1.90 bits per heavy atom. The average molecular weight is 161 g/mol. The Morgan fingerprint density at radius 3 is 1.90 bits per heavy atom. The molecule has 0 radical (unpaired) electrons. The first-order valence-corrected chi connectivity index (χ1v) is 5.15. The summed E-state index contributed by atoms with van der Waals surface area (Å²) in [6.07, 6.45) is 4.25. The Kier molecular flexibility index (Phi) is 10.7. The first kappa shape index (κ1) is 12.3. The minimum Gasteiger partial charge on any atom is -0.260 e. The maximum Gasteiger partial charge on any atom is 0.0652 e. The van der Waals surface area contributed by atoms with E-state index in [-0.39, 0.29) is 5.92 Å². The molecule has 0 aliphatic rings. The van der Waals surface area contributed by atoms with Crippen molar-refractivity contribution >= 4 is 10.8 Å². The Bertz CT molecular complexity index is 124. The van der Waals surface area contributed by atoms with Crippen molar-refractivity contribution in [2.75, 3.05) is 12.5 Å². The van der Waals surface area contributed by atoms with Crippen LogP contribution in [0.25, 0.3) is 0 Å². The highest BCUT2D eigenvalue weighted by molar-refractivity contribution is 7.83. The molecule has 0 aromatic carbocycles. The molecule has 0 amide bonds. The molecule has 0 aliphatic heterocycles. The summed E-state index contributed by atoms with van der Waals surface area (Å²) in [6, 6.07) is 2.11. The van der Waals surface area contributed by atoms with Gasteiger partial charge >= 0.3 is 0 Å². The predicted octanol–water partition coefficient (Wildman–Crippen LogP) is 1.55. The minimum atomic E-state index is -0.611. The van der Waals surface area contributed by atoms with E-state index in [4.69, 9.17) is 5.26 Å². The molecule has 3 heteroatoms. The van der Waals surface area contributed by atoms with Crippen molar-refractivity contribution in [3.8, 4) is 6.07 Å². The van der Waals surface area contributed by atoms with Crippen molar-refractivity contribution in [1.82, 2.24) is 0 Å². The molecule has 0 heterocycles. The van der Waals surface area contributed by atoms with Crippen LogP contribution >= 0.6 is 0 Å². The van der Waals surface area contributed by atoms with E-state index >= 15 is 0 Å². The zero-order valence-electron chi connectivity index (χ0n) is 7.05. The molecule has 1 atom stereocenters. The van der Waals surface area contributed by atoms with Gasteiger partial charge < -0.3 is 0 Å². The molecule has 0 saturated carbocycles. The van der Waals surface area contributed by atoms with Gasteiger partial charge in [0, 0.05) is 29.2 Å². The SMILES string of the molecule is CCC(C)C#N.CS(C)=O. The van der Waals surface area contributed by atoms with Gasteiger partial charge in [0.2, 0.25) is 0 Å². The van der Waals surface area contributed by atoms with E-state index in [0.717, 1.165) is 6.42 Å². The molecule has 0 N–H and O–H groups in total. The van der Waals surface area contributed by atoms with E-state index in [9.17, 15) is 4.21 Å². The van der Waals surface area contributed by atoms with Crippen molar-refractivity contribution < 1.29 is 4.21 Å². The number of hydrogen-bond acceptors (Lipinski definition) is 2. The molecule has 1 unspecified atom stereocenters. The maximum absolute atomic E-state index is 9.56. The maximum atomic E-state index is 9.56. The fourth-order valence-electron chi connectivity index (χ4n) is 0.0913. The molecule has 0 saturated heterocycles. The van der Waals surface area contributed by atoms with Gasteiger partial charge in [-0.3, -0.25) is 4.21 Å². The summed E-state index contributed by atoms with van der Waals surface area (Å²) in [7, 11) is -0.611. The lowest BCUT2D eigenvalue weighted by molar-refractivity contribution is 0.690. The fourth-order valence-corrected chi connectivity index (χ4v) is 0.0913. The van der Waals surface area contributed by atoms with Gasteiger partial charge in [0.15, 0.2) is 0 Å². The van der Waals surface area contributed by atoms with Gasteiger partial charge in [-0.05, 0) is 13.3 Å². The Morgan fingerprint density at radius 1 is 1.60 bits per heavy atom. The number of nitriles is 1. The molecule has 0 rings (SSSR count). The lowest BCUT2D eigenvalue weighted by Gasteiger charge is -1.87. The molecule has 10 heavy (non-hydrogen) atoms. The first-order chi connectivity index (χ1) is 4.54. The highest BCUT2D eigenvalue weighted by Gasteiger charge is 1.88. The molecule has 0 spiro atoms. The third-order valence-corrected chi connectivity index (χ3v) is 0.833. The molecular formula is C7H15NOS. The largest absolute Gasteiger partial charge is 0.260 e. The van der Waals surface area contributed by atoms with Crippen LogP contribution in [-0.4, -0.2) is 16.7 Å². The Hall–Kier alpha value is -0.360. The van der Waals surface area contributed by atoms with Crippen molar-refractivity contribution in [3.05, 3.63) is 0 Å². The third kappa shape index (κ3) is 25.4. The fraction of sp³-hybridized carbons (Fsp3) is 0.857. The van der Waals surface area contributed by atoms with Crippen LogP contribution < -0.4 is 0 Å². The van der Waals surface area contributed by atoms with Crippen LogP contribution in [0.3, 0.4) is 0 Å². The summed E-state index contributed by atoms with van der Waals surface area (Å²) in [5.74, 6) is 0.241. The van der Waals surface area contributed by atoms with Crippen LogP contribution in [0.15, 0.2) is 0 Å². The van der Waals surface area contributed by atoms with Crippen LogP contribution in [0, 0.1) is 17.2 Å². The Labute approximate surface area is 65.7 Å². The third-order valence-electron chi connectivity index (χ3n) is 0.833. The van der Waals surface area contributed by atoms with Crippen molar-refractivity contribution in [3.63, 3.8) is 0 Å².